The van der Waals surface area contributed by atoms with Gasteiger partial charge in [0.15, 0.2) is 0 Å². The lowest BCUT2D eigenvalue weighted by Gasteiger charge is -2.18. The predicted molar refractivity (Wildman–Crippen MR) is 110 cm³/mol. The fraction of sp³-hybridized carbons (Fsp3) is 0.190. The van der Waals surface area contributed by atoms with Gasteiger partial charge >= 0.3 is 0 Å². The first-order valence-corrected chi connectivity index (χ1v) is 10.4. The molecule has 1 N–H and O–H groups in total. The highest BCUT2D eigenvalue weighted by Crippen LogP contribution is 2.27. The summed E-state index contributed by atoms with van der Waals surface area (Å²) in [6.45, 7) is 3.72. The highest BCUT2D eigenvalue weighted by molar-refractivity contribution is 8.00. The molecule has 0 saturated heterocycles. The van der Waals surface area contributed by atoms with Gasteiger partial charge in [-0.05, 0) is 54.6 Å². The summed E-state index contributed by atoms with van der Waals surface area (Å²) in [5, 5.41) is 14.9. The second-order valence-corrected chi connectivity index (χ2v) is 8.17. The van der Waals surface area contributed by atoms with E-state index in [1.165, 1.54) is 35.2 Å². The van der Waals surface area contributed by atoms with Crippen molar-refractivity contribution in [3.8, 4) is 6.07 Å². The number of rotatable bonds is 6. The second kappa shape index (κ2) is 9.00. The molecule has 0 fully saturated rings. The normalized spacial score (nSPS) is 11.6. The van der Waals surface area contributed by atoms with E-state index in [0.717, 1.165) is 21.7 Å². The summed E-state index contributed by atoms with van der Waals surface area (Å²) in [6, 6.07) is 13.6. The Hall–Kier alpha value is -2.69. The number of carbonyl (C=O) groups is 1. The van der Waals surface area contributed by atoms with Gasteiger partial charge < -0.3 is 5.32 Å². The molecule has 0 aliphatic carbocycles. The molecule has 142 valence electrons. The van der Waals surface area contributed by atoms with Crippen molar-refractivity contribution in [2.75, 3.05) is 5.75 Å². The van der Waals surface area contributed by atoms with E-state index in [9.17, 15) is 14.4 Å². The maximum atomic E-state index is 13.3. The molecule has 4 nitrogen and oxygen atoms in total. The third-order valence-corrected chi connectivity index (χ3v) is 6.01. The molecule has 1 aromatic carbocycles. The Morgan fingerprint density at radius 2 is 2.07 bits per heavy atom. The number of nitriles is 1. The van der Waals surface area contributed by atoms with E-state index in [-0.39, 0.29) is 23.5 Å². The van der Waals surface area contributed by atoms with Crippen molar-refractivity contribution >= 4 is 29.0 Å². The quantitative estimate of drug-likeness (QED) is 0.594. The molecule has 0 bridgehead atoms. The molecule has 1 atom stereocenters. The van der Waals surface area contributed by atoms with Crippen LogP contribution in [0.1, 0.15) is 33.3 Å². The molecule has 0 aliphatic rings. The van der Waals surface area contributed by atoms with Gasteiger partial charge in [-0.1, -0.05) is 30.0 Å². The molecule has 7 heteroatoms. The lowest BCUT2D eigenvalue weighted by Crippen LogP contribution is -2.30. The molecule has 2 aromatic heterocycles. The van der Waals surface area contributed by atoms with Gasteiger partial charge in [0.05, 0.1) is 17.4 Å². The first kappa shape index (κ1) is 20.1. The molecule has 3 rings (SSSR count). The zero-order valence-electron chi connectivity index (χ0n) is 15.4. The van der Waals surface area contributed by atoms with Crippen LogP contribution in [0.25, 0.3) is 0 Å². The summed E-state index contributed by atoms with van der Waals surface area (Å²) in [6.07, 6.45) is 0. The number of carbonyl (C=O) groups excluding carboxylic acids is 1. The number of halogens is 1. The molecule has 0 saturated carbocycles. The molecule has 1 amide bonds. The predicted octanol–water partition coefficient (Wildman–Crippen LogP) is 4.77. The number of hydrogen-bond acceptors (Lipinski definition) is 5. The topological polar surface area (TPSA) is 65.8 Å². The van der Waals surface area contributed by atoms with Crippen LogP contribution >= 0.6 is 23.1 Å². The van der Waals surface area contributed by atoms with E-state index >= 15 is 0 Å². The van der Waals surface area contributed by atoms with E-state index in [0.29, 0.717) is 10.6 Å². The Balaban J connectivity index is 1.75. The Labute approximate surface area is 171 Å². The molecule has 1 unspecified atom stereocenters. The van der Waals surface area contributed by atoms with Gasteiger partial charge in [-0.25, -0.2) is 9.37 Å². The Bertz CT molecular complexity index is 1010. The number of amides is 1. The zero-order valence-corrected chi connectivity index (χ0v) is 17.0. The summed E-state index contributed by atoms with van der Waals surface area (Å²) in [5.74, 6) is -0.369. The average molecular weight is 412 g/mol. The summed E-state index contributed by atoms with van der Waals surface area (Å²) >= 11 is 2.77. The van der Waals surface area contributed by atoms with Crippen LogP contribution in [0.2, 0.25) is 0 Å². The number of aromatic nitrogens is 1. The van der Waals surface area contributed by atoms with Crippen molar-refractivity contribution in [2.45, 2.75) is 24.9 Å². The first-order valence-electron chi connectivity index (χ1n) is 8.57. The second-order valence-electron chi connectivity index (χ2n) is 6.23. The van der Waals surface area contributed by atoms with Gasteiger partial charge in [0.25, 0.3) is 0 Å². The van der Waals surface area contributed by atoms with Crippen molar-refractivity contribution in [2.24, 2.45) is 0 Å². The van der Waals surface area contributed by atoms with Gasteiger partial charge in [0, 0.05) is 10.6 Å². The van der Waals surface area contributed by atoms with Crippen LogP contribution in [0.15, 0.2) is 52.9 Å². The maximum absolute atomic E-state index is 13.3. The molecule has 2 heterocycles. The molecule has 0 aliphatic heterocycles. The lowest BCUT2D eigenvalue weighted by molar-refractivity contribution is -0.119. The van der Waals surface area contributed by atoms with Crippen molar-refractivity contribution < 1.29 is 9.18 Å². The Morgan fingerprint density at radius 3 is 2.71 bits per heavy atom. The van der Waals surface area contributed by atoms with Gasteiger partial charge in [0.1, 0.15) is 16.9 Å². The average Bonchev–Trinajstić information content (AvgIpc) is 3.19. The minimum Gasteiger partial charge on any atom is -0.344 e. The van der Waals surface area contributed by atoms with Gasteiger partial charge in [0.2, 0.25) is 5.91 Å². The van der Waals surface area contributed by atoms with Crippen LogP contribution in [0, 0.1) is 31.0 Å². The Morgan fingerprint density at radius 1 is 1.32 bits per heavy atom. The van der Waals surface area contributed by atoms with Crippen molar-refractivity contribution in [3.63, 3.8) is 0 Å². The zero-order chi connectivity index (χ0) is 20.1. The minimum atomic E-state index is -0.351. The number of aryl methyl sites for hydroxylation is 2. The maximum Gasteiger partial charge on any atom is 0.231 e. The summed E-state index contributed by atoms with van der Waals surface area (Å²) in [4.78, 5) is 18.0. The number of pyridine rings is 1. The highest BCUT2D eigenvalue weighted by atomic mass is 32.2. The molecule has 3 aromatic rings. The standard InChI is InChI=1S/C21H18FN3OS2/c1-13-10-14(2)24-21(17(13)11-23)28-12-19(26)25-20(18-4-3-9-27-18)15-5-7-16(22)8-6-15/h3-10,20H,12H2,1-2H3,(H,25,26). The van der Waals surface area contributed by atoms with Crippen LogP contribution in [-0.4, -0.2) is 16.6 Å². The van der Waals surface area contributed by atoms with Gasteiger partial charge in [-0.3, -0.25) is 4.79 Å². The largest absolute Gasteiger partial charge is 0.344 e. The van der Waals surface area contributed by atoms with E-state index in [1.807, 2.05) is 37.4 Å². The number of nitrogens with zero attached hydrogens (tertiary/aromatic N) is 2. The highest BCUT2D eigenvalue weighted by Gasteiger charge is 2.19. The van der Waals surface area contributed by atoms with Crippen LogP contribution in [0.5, 0.6) is 0 Å². The van der Waals surface area contributed by atoms with Gasteiger partial charge in [-0.15, -0.1) is 11.3 Å². The first-order chi connectivity index (χ1) is 13.5. The minimum absolute atomic E-state index is 0.133. The van der Waals surface area contributed by atoms with Gasteiger partial charge in [-0.2, -0.15) is 5.26 Å². The lowest BCUT2D eigenvalue weighted by atomic mass is 10.1. The van der Waals surface area contributed by atoms with Crippen molar-refractivity contribution in [1.29, 1.82) is 5.26 Å². The van der Waals surface area contributed by atoms with E-state index < -0.39 is 0 Å². The van der Waals surface area contributed by atoms with Crippen molar-refractivity contribution in [3.05, 3.63) is 80.9 Å². The van der Waals surface area contributed by atoms with Crippen molar-refractivity contribution in [1.82, 2.24) is 10.3 Å². The molecule has 0 radical (unpaired) electrons. The molecular weight excluding hydrogens is 393 g/mol. The number of thioether (sulfide) groups is 1. The van der Waals surface area contributed by atoms with Crippen LogP contribution in [0.4, 0.5) is 4.39 Å². The summed E-state index contributed by atoms with van der Waals surface area (Å²) in [5.41, 5.74) is 2.96. The van der Waals surface area contributed by atoms with Crippen LogP contribution < -0.4 is 5.32 Å². The number of thiophene rings is 1. The fourth-order valence-electron chi connectivity index (χ4n) is 2.81. The smallest absolute Gasteiger partial charge is 0.231 e. The van der Waals surface area contributed by atoms with Crippen LogP contribution in [-0.2, 0) is 4.79 Å². The number of hydrogen-bond donors (Lipinski definition) is 1. The number of nitrogens with one attached hydrogen (secondary N) is 1. The van der Waals surface area contributed by atoms with E-state index in [2.05, 4.69) is 16.4 Å². The number of benzene rings is 1. The monoisotopic (exact) mass is 411 g/mol. The molecular formula is C21H18FN3OS2. The van der Waals surface area contributed by atoms with E-state index in [1.54, 1.807) is 12.1 Å². The third kappa shape index (κ3) is 4.77. The summed E-state index contributed by atoms with van der Waals surface area (Å²) in [7, 11) is 0. The third-order valence-electron chi connectivity index (χ3n) is 4.10. The molecule has 0 spiro atoms. The van der Waals surface area contributed by atoms with Crippen LogP contribution in [0.3, 0.4) is 0 Å². The Kier molecular flexibility index (Phi) is 6.45. The van der Waals surface area contributed by atoms with E-state index in [4.69, 9.17) is 0 Å². The summed E-state index contributed by atoms with van der Waals surface area (Å²) < 4.78 is 13.3. The molecule has 28 heavy (non-hydrogen) atoms. The SMILES string of the molecule is Cc1cc(C)c(C#N)c(SCC(=O)NC(c2ccc(F)cc2)c2cccs2)n1. The fourth-order valence-corrected chi connectivity index (χ4v) is 4.52.